The average molecular weight is 640 g/mol. The lowest BCUT2D eigenvalue weighted by molar-refractivity contribution is 0.109. The number of rotatable bonds is 13. The molecule has 1 fully saturated rings. The Labute approximate surface area is 263 Å². The Hall–Kier alpha value is -3.65. The minimum atomic E-state index is -4.02. The van der Waals surface area contributed by atoms with Crippen LogP contribution >= 0.6 is 0 Å². The van der Waals surface area contributed by atoms with E-state index in [0.717, 1.165) is 37.6 Å². The van der Waals surface area contributed by atoms with Gasteiger partial charge in [-0.25, -0.2) is 27.2 Å². The number of halogens is 1. The van der Waals surface area contributed by atoms with Crippen molar-refractivity contribution in [3.63, 3.8) is 0 Å². The number of aliphatic hydroxyl groups excluding tert-OH is 2. The standard InChI is InChI=1S/C32H42FN7O4S/c1-4-5-18-34-32-35-19-27-29(38-40(30(27)37-32)24-12-14-25(41)15-13-24)21-6-16-26(17-7-21)45(43,44)39-28(20(2)3)31(42)36-23-10-8-22(33)9-11-23/h6-11,16-17,19-20,24-25,28,31,36,39,41-42H,4-5,12-15,18H2,1-3H3,(H,34,35,37). The molecule has 2 aromatic carbocycles. The van der Waals surface area contributed by atoms with Gasteiger partial charge in [-0.1, -0.05) is 39.3 Å². The van der Waals surface area contributed by atoms with Crippen molar-refractivity contribution < 1.29 is 23.0 Å². The summed E-state index contributed by atoms with van der Waals surface area (Å²) in [5, 5.41) is 32.7. The maximum absolute atomic E-state index is 13.4. The predicted octanol–water partition coefficient (Wildman–Crippen LogP) is 5.05. The molecule has 5 rings (SSSR count). The van der Waals surface area contributed by atoms with Crippen molar-refractivity contribution in [3.05, 3.63) is 60.5 Å². The molecule has 4 aromatic rings. The van der Waals surface area contributed by atoms with E-state index in [4.69, 9.17) is 10.1 Å². The molecule has 1 aliphatic carbocycles. The second-order valence-electron chi connectivity index (χ2n) is 12.0. The van der Waals surface area contributed by atoms with E-state index in [-0.39, 0.29) is 23.0 Å². The van der Waals surface area contributed by atoms with Gasteiger partial charge in [-0.15, -0.1) is 0 Å². The van der Waals surface area contributed by atoms with Gasteiger partial charge in [0.15, 0.2) is 5.65 Å². The molecule has 242 valence electrons. The fourth-order valence-corrected chi connectivity index (χ4v) is 6.96. The van der Waals surface area contributed by atoms with Gasteiger partial charge in [-0.05, 0) is 74.4 Å². The number of nitrogens with zero attached hydrogens (tertiary/aromatic N) is 4. The van der Waals surface area contributed by atoms with E-state index >= 15 is 0 Å². The zero-order chi connectivity index (χ0) is 32.1. The van der Waals surface area contributed by atoms with Crippen molar-refractivity contribution in [1.82, 2.24) is 24.5 Å². The zero-order valence-corrected chi connectivity index (χ0v) is 26.6. The van der Waals surface area contributed by atoms with E-state index in [1.54, 1.807) is 32.2 Å². The smallest absolute Gasteiger partial charge is 0.240 e. The summed E-state index contributed by atoms with van der Waals surface area (Å²) < 4.78 is 44.7. The molecule has 0 radical (unpaired) electrons. The molecule has 0 amide bonds. The first-order chi connectivity index (χ1) is 21.6. The number of hydrogen-bond acceptors (Lipinski definition) is 9. The summed E-state index contributed by atoms with van der Waals surface area (Å²) in [7, 11) is -4.02. The van der Waals surface area contributed by atoms with Crippen LogP contribution in [0.15, 0.2) is 59.6 Å². The molecule has 1 aliphatic rings. The summed E-state index contributed by atoms with van der Waals surface area (Å²) in [5.41, 5.74) is 2.51. The van der Waals surface area contributed by atoms with Crippen LogP contribution < -0.4 is 15.4 Å². The summed E-state index contributed by atoms with van der Waals surface area (Å²) in [6.07, 6.45) is 5.18. The first kappa shape index (κ1) is 32.7. The first-order valence-corrected chi connectivity index (χ1v) is 17.0. The van der Waals surface area contributed by atoms with Crippen LogP contribution in [0, 0.1) is 11.7 Å². The van der Waals surface area contributed by atoms with Crippen molar-refractivity contribution in [2.24, 2.45) is 5.92 Å². The van der Waals surface area contributed by atoms with Crippen molar-refractivity contribution in [2.45, 2.75) is 88.6 Å². The molecule has 1 saturated carbocycles. The quantitative estimate of drug-likeness (QED) is 0.0998. The topological polar surface area (TPSA) is 154 Å². The number of hydrogen-bond donors (Lipinski definition) is 5. The molecule has 2 unspecified atom stereocenters. The van der Waals surface area contributed by atoms with Crippen LogP contribution in [-0.4, -0.2) is 63.3 Å². The van der Waals surface area contributed by atoms with Crippen LogP contribution in [0.25, 0.3) is 22.3 Å². The minimum absolute atomic E-state index is 0.0366. The first-order valence-electron chi connectivity index (χ1n) is 15.6. The highest BCUT2D eigenvalue weighted by atomic mass is 32.2. The molecule has 0 saturated heterocycles. The molecular formula is C32H42FN7O4S. The van der Waals surface area contributed by atoms with Crippen molar-refractivity contribution in [1.29, 1.82) is 0 Å². The predicted molar refractivity (Wildman–Crippen MR) is 173 cm³/mol. The van der Waals surface area contributed by atoms with Gasteiger partial charge in [0, 0.05) is 24.0 Å². The lowest BCUT2D eigenvalue weighted by atomic mass is 9.93. The van der Waals surface area contributed by atoms with Crippen LogP contribution in [0.4, 0.5) is 16.0 Å². The Balaban J connectivity index is 1.40. The monoisotopic (exact) mass is 639 g/mol. The maximum atomic E-state index is 13.4. The van der Waals surface area contributed by atoms with E-state index in [0.29, 0.717) is 41.4 Å². The van der Waals surface area contributed by atoms with Crippen LogP contribution in [0.2, 0.25) is 0 Å². The van der Waals surface area contributed by atoms with Crippen molar-refractivity contribution >= 4 is 32.7 Å². The third kappa shape index (κ3) is 7.78. The minimum Gasteiger partial charge on any atom is -0.393 e. The second-order valence-corrected chi connectivity index (χ2v) is 13.7. The van der Waals surface area contributed by atoms with Crippen LogP contribution in [-0.2, 0) is 10.0 Å². The fraction of sp³-hybridized carbons (Fsp3) is 0.469. The lowest BCUT2D eigenvalue weighted by Gasteiger charge is -2.28. The number of unbranched alkanes of at least 4 members (excludes halogenated alkanes) is 1. The lowest BCUT2D eigenvalue weighted by Crippen LogP contribution is -2.49. The molecule has 2 heterocycles. The molecule has 0 spiro atoms. The molecule has 5 N–H and O–H groups in total. The van der Waals surface area contributed by atoms with Gasteiger partial charge in [-0.3, -0.25) is 0 Å². The fourth-order valence-electron chi connectivity index (χ4n) is 5.57. The van der Waals surface area contributed by atoms with E-state index in [1.807, 2.05) is 4.68 Å². The van der Waals surface area contributed by atoms with E-state index in [9.17, 15) is 23.0 Å². The maximum Gasteiger partial charge on any atom is 0.240 e. The highest BCUT2D eigenvalue weighted by molar-refractivity contribution is 7.89. The highest BCUT2D eigenvalue weighted by Crippen LogP contribution is 2.35. The van der Waals surface area contributed by atoms with Gasteiger partial charge in [0.1, 0.15) is 17.7 Å². The van der Waals surface area contributed by atoms with Gasteiger partial charge in [0.05, 0.1) is 28.5 Å². The molecule has 0 aliphatic heterocycles. The Morgan fingerprint density at radius 3 is 2.38 bits per heavy atom. The number of fused-ring (bicyclic) bond motifs is 1. The molecule has 45 heavy (non-hydrogen) atoms. The Kier molecular flexibility index (Phi) is 10.3. The summed E-state index contributed by atoms with van der Waals surface area (Å²) in [6.45, 7) is 6.48. The second kappa shape index (κ2) is 14.2. The Morgan fingerprint density at radius 1 is 1.04 bits per heavy atom. The number of aliphatic hydroxyl groups is 2. The number of sulfonamides is 1. The normalized spacial score (nSPS) is 18.6. The molecule has 0 bridgehead atoms. The van der Waals surface area contributed by atoms with E-state index in [2.05, 4.69) is 27.3 Å². The van der Waals surface area contributed by atoms with Gasteiger partial charge in [0.25, 0.3) is 0 Å². The van der Waals surface area contributed by atoms with Gasteiger partial charge in [0.2, 0.25) is 16.0 Å². The number of aromatic nitrogens is 4. The third-order valence-electron chi connectivity index (χ3n) is 8.22. The number of nitrogens with one attached hydrogen (secondary N) is 3. The van der Waals surface area contributed by atoms with Gasteiger partial charge < -0.3 is 20.8 Å². The molecule has 2 atom stereocenters. The summed E-state index contributed by atoms with van der Waals surface area (Å²) in [6, 6.07) is 11.1. The summed E-state index contributed by atoms with van der Waals surface area (Å²) >= 11 is 0. The number of benzene rings is 2. The highest BCUT2D eigenvalue weighted by Gasteiger charge is 2.29. The summed E-state index contributed by atoms with van der Waals surface area (Å²) in [4.78, 5) is 9.36. The van der Waals surface area contributed by atoms with Gasteiger partial charge in [-0.2, -0.15) is 10.1 Å². The Bertz CT molecular complexity index is 1670. The largest absolute Gasteiger partial charge is 0.393 e. The van der Waals surface area contributed by atoms with Crippen molar-refractivity contribution in [3.8, 4) is 11.3 Å². The summed E-state index contributed by atoms with van der Waals surface area (Å²) in [5.74, 6) is -0.146. The van der Waals surface area contributed by atoms with Crippen LogP contribution in [0.3, 0.4) is 0 Å². The molecular weight excluding hydrogens is 597 g/mol. The third-order valence-corrected chi connectivity index (χ3v) is 9.70. The molecule has 11 nitrogen and oxygen atoms in total. The Morgan fingerprint density at radius 2 is 1.73 bits per heavy atom. The molecule has 13 heteroatoms. The molecule has 2 aromatic heterocycles. The van der Waals surface area contributed by atoms with E-state index in [1.165, 1.54) is 36.4 Å². The van der Waals surface area contributed by atoms with Gasteiger partial charge >= 0.3 is 0 Å². The van der Waals surface area contributed by atoms with Crippen LogP contribution in [0.1, 0.15) is 65.3 Å². The average Bonchev–Trinajstić information content (AvgIpc) is 3.40. The number of anilines is 2. The van der Waals surface area contributed by atoms with Crippen molar-refractivity contribution in [2.75, 3.05) is 17.2 Å². The van der Waals surface area contributed by atoms with Crippen LogP contribution in [0.5, 0.6) is 0 Å². The SMILES string of the molecule is CCCCNc1ncc2c(-c3ccc(S(=O)(=O)NC(C(C)C)C(O)Nc4ccc(F)cc4)cc3)nn(C3CCC(O)CC3)c2n1. The zero-order valence-electron chi connectivity index (χ0n) is 25.8. The van der Waals surface area contributed by atoms with E-state index < -0.39 is 28.1 Å².